The quantitative estimate of drug-likeness (QED) is 0.332. The number of carbonyl (C=O) groups excluding carboxylic acids is 2. The first-order valence-electron chi connectivity index (χ1n) is 9.91. The molecule has 0 bridgehead atoms. The molecular weight excluding hydrogens is 458 g/mol. The molecule has 2 aromatic carbocycles. The first-order valence-corrected chi connectivity index (χ1v) is 10.3. The number of rotatable bonds is 7. The van der Waals surface area contributed by atoms with Gasteiger partial charge in [-0.1, -0.05) is 29.8 Å². The van der Waals surface area contributed by atoms with Crippen LogP contribution in [0.1, 0.15) is 20.7 Å². The van der Waals surface area contributed by atoms with E-state index in [0.29, 0.717) is 5.56 Å². The highest BCUT2D eigenvalue weighted by molar-refractivity contribution is 6.33. The second-order valence-electron chi connectivity index (χ2n) is 7.19. The molecule has 10 nitrogen and oxygen atoms in total. The first-order chi connectivity index (χ1) is 15.8. The van der Waals surface area contributed by atoms with E-state index < -0.39 is 49.1 Å². The molecule has 1 aliphatic heterocycles. The number of carbonyl (C=O) groups is 2. The maximum atomic E-state index is 12.9. The Morgan fingerprint density at radius 1 is 1.09 bits per heavy atom. The Hall–Kier alpha value is -2.73. The van der Waals surface area contributed by atoms with Crippen LogP contribution < -0.4 is 14.8 Å². The van der Waals surface area contributed by atoms with Crippen molar-refractivity contribution >= 4 is 23.5 Å². The Labute approximate surface area is 194 Å². The molecule has 0 aliphatic carbocycles. The fourth-order valence-electron chi connectivity index (χ4n) is 3.35. The van der Waals surface area contributed by atoms with Crippen LogP contribution in [0.4, 0.5) is 0 Å². The summed E-state index contributed by atoms with van der Waals surface area (Å²) in [6, 6.07) is 9.67. The number of ether oxygens (including phenoxy) is 4. The van der Waals surface area contributed by atoms with Crippen molar-refractivity contribution in [2.75, 3.05) is 20.8 Å². The maximum absolute atomic E-state index is 12.9. The van der Waals surface area contributed by atoms with Gasteiger partial charge < -0.3 is 39.6 Å². The molecule has 11 heteroatoms. The lowest BCUT2D eigenvalue weighted by Crippen LogP contribution is -2.64. The summed E-state index contributed by atoms with van der Waals surface area (Å²) >= 11 is 6.27. The van der Waals surface area contributed by atoms with Gasteiger partial charge in [-0.2, -0.15) is 0 Å². The smallest absolute Gasteiger partial charge is 0.343 e. The number of nitrogens with one attached hydrogen (secondary N) is 1. The number of aliphatic hydroxyl groups is 3. The van der Waals surface area contributed by atoms with Crippen LogP contribution in [0.15, 0.2) is 42.5 Å². The molecule has 1 saturated heterocycles. The standard InChI is InChI=1S/C22H24ClNO9/c1-30-14-9-12(8-13(23)19(14)33-21(29)11-6-4-3-5-7-11)20(28)24-16-18(27)17(26)15(10-25)32-22(16)31-2/h3-9,15-18,22,25-27H,10H2,1-2H3,(H,24,28)/t15-,16-,17-,18-,22-/m1/s1. The minimum absolute atomic E-state index is 0.0252. The third kappa shape index (κ3) is 5.44. The highest BCUT2D eigenvalue weighted by Crippen LogP contribution is 2.37. The molecule has 1 heterocycles. The van der Waals surface area contributed by atoms with Gasteiger partial charge >= 0.3 is 5.97 Å². The lowest BCUT2D eigenvalue weighted by molar-refractivity contribution is -0.261. The summed E-state index contributed by atoms with van der Waals surface area (Å²) in [6.07, 6.45) is -5.14. The number of hydrogen-bond donors (Lipinski definition) is 4. The van der Waals surface area contributed by atoms with Gasteiger partial charge in [-0.15, -0.1) is 0 Å². The number of amides is 1. The highest BCUT2D eigenvalue weighted by atomic mass is 35.5. The molecule has 1 amide bonds. The second-order valence-corrected chi connectivity index (χ2v) is 7.59. The zero-order chi connectivity index (χ0) is 24.1. The fourth-order valence-corrected chi connectivity index (χ4v) is 3.60. The summed E-state index contributed by atoms with van der Waals surface area (Å²) in [5, 5.41) is 32.3. The van der Waals surface area contributed by atoms with Crippen molar-refractivity contribution in [3.8, 4) is 11.5 Å². The monoisotopic (exact) mass is 481 g/mol. The molecule has 1 fully saturated rings. The summed E-state index contributed by atoms with van der Waals surface area (Å²) in [5.74, 6) is -1.39. The number of aliphatic hydroxyl groups excluding tert-OH is 3. The fraction of sp³-hybridized carbons (Fsp3) is 0.364. The summed E-state index contributed by atoms with van der Waals surface area (Å²) < 4.78 is 21.1. The van der Waals surface area contributed by atoms with Gasteiger partial charge in [-0.3, -0.25) is 4.79 Å². The van der Waals surface area contributed by atoms with Gasteiger partial charge in [0, 0.05) is 12.7 Å². The van der Waals surface area contributed by atoms with Crippen LogP contribution in [0.2, 0.25) is 5.02 Å². The van der Waals surface area contributed by atoms with E-state index in [-0.39, 0.29) is 22.1 Å². The van der Waals surface area contributed by atoms with E-state index in [9.17, 15) is 24.9 Å². The van der Waals surface area contributed by atoms with Gasteiger partial charge in [0.05, 0.1) is 24.3 Å². The summed E-state index contributed by atoms with van der Waals surface area (Å²) in [7, 11) is 2.61. The Morgan fingerprint density at radius 3 is 2.39 bits per heavy atom. The molecule has 1 aliphatic rings. The highest BCUT2D eigenvalue weighted by Gasteiger charge is 2.45. The van der Waals surface area contributed by atoms with Crippen molar-refractivity contribution in [3.63, 3.8) is 0 Å². The van der Waals surface area contributed by atoms with Crippen LogP contribution >= 0.6 is 11.6 Å². The Kier molecular flexibility index (Phi) is 8.25. The Balaban J connectivity index is 1.81. The van der Waals surface area contributed by atoms with Crippen LogP contribution in [0.5, 0.6) is 11.5 Å². The first kappa shape index (κ1) is 24.9. The van der Waals surface area contributed by atoms with Crippen LogP contribution in [0.3, 0.4) is 0 Å². The number of methoxy groups -OCH3 is 2. The lowest BCUT2D eigenvalue weighted by Gasteiger charge is -2.41. The molecule has 2 aromatic rings. The molecule has 0 spiro atoms. The van der Waals surface area contributed by atoms with Gasteiger partial charge in [0.25, 0.3) is 5.91 Å². The molecule has 0 aromatic heterocycles. The molecule has 0 saturated carbocycles. The van der Waals surface area contributed by atoms with Crippen molar-refractivity contribution < 1.29 is 43.9 Å². The minimum Gasteiger partial charge on any atom is -0.493 e. The van der Waals surface area contributed by atoms with E-state index in [0.717, 1.165) is 0 Å². The predicted molar refractivity (Wildman–Crippen MR) is 115 cm³/mol. The van der Waals surface area contributed by atoms with E-state index in [2.05, 4.69) is 5.32 Å². The number of halogens is 1. The summed E-state index contributed by atoms with van der Waals surface area (Å²) in [5.41, 5.74) is 0.325. The summed E-state index contributed by atoms with van der Waals surface area (Å²) in [4.78, 5) is 25.3. The van der Waals surface area contributed by atoms with Crippen LogP contribution in [0.25, 0.3) is 0 Å². The Morgan fingerprint density at radius 2 is 1.79 bits per heavy atom. The topological polar surface area (TPSA) is 144 Å². The van der Waals surface area contributed by atoms with E-state index in [1.54, 1.807) is 30.3 Å². The molecule has 3 rings (SSSR count). The van der Waals surface area contributed by atoms with Gasteiger partial charge in [-0.05, 0) is 24.3 Å². The normalized spacial score (nSPS) is 24.7. The SMILES string of the molecule is COc1cc(C(=O)N[C@H]2[C@H](OC)O[C@H](CO)[C@@H](O)[C@@H]2O)cc(Cl)c1OC(=O)c1ccccc1. The number of esters is 1. The van der Waals surface area contributed by atoms with Crippen molar-refractivity contribution in [1.82, 2.24) is 5.32 Å². The molecule has 5 atom stereocenters. The lowest BCUT2D eigenvalue weighted by atomic mass is 9.96. The molecule has 4 N–H and O–H groups in total. The third-order valence-corrected chi connectivity index (χ3v) is 5.39. The van der Waals surface area contributed by atoms with E-state index in [4.69, 9.17) is 30.5 Å². The van der Waals surface area contributed by atoms with E-state index >= 15 is 0 Å². The average molecular weight is 482 g/mol. The van der Waals surface area contributed by atoms with Gasteiger partial charge in [0.1, 0.15) is 24.4 Å². The summed E-state index contributed by atoms with van der Waals surface area (Å²) in [6.45, 7) is -0.547. The molecular formula is C22H24ClNO9. The molecule has 0 radical (unpaired) electrons. The third-order valence-electron chi connectivity index (χ3n) is 5.11. The molecule has 178 valence electrons. The van der Waals surface area contributed by atoms with Crippen molar-refractivity contribution in [1.29, 1.82) is 0 Å². The molecule has 33 heavy (non-hydrogen) atoms. The van der Waals surface area contributed by atoms with Crippen LogP contribution in [0, 0.1) is 0 Å². The Bertz CT molecular complexity index is 985. The minimum atomic E-state index is -1.48. The largest absolute Gasteiger partial charge is 0.493 e. The van der Waals surface area contributed by atoms with Gasteiger partial charge in [-0.25, -0.2) is 4.79 Å². The average Bonchev–Trinajstić information content (AvgIpc) is 2.83. The zero-order valence-electron chi connectivity index (χ0n) is 17.8. The molecule has 0 unspecified atom stereocenters. The zero-order valence-corrected chi connectivity index (χ0v) is 18.6. The maximum Gasteiger partial charge on any atom is 0.343 e. The van der Waals surface area contributed by atoms with Crippen LogP contribution in [-0.2, 0) is 9.47 Å². The van der Waals surface area contributed by atoms with Crippen molar-refractivity contribution in [2.45, 2.75) is 30.6 Å². The second kappa shape index (κ2) is 10.9. The van der Waals surface area contributed by atoms with Gasteiger partial charge in [0.2, 0.25) is 0 Å². The van der Waals surface area contributed by atoms with E-state index in [1.165, 1.54) is 26.4 Å². The van der Waals surface area contributed by atoms with E-state index in [1.807, 2.05) is 0 Å². The van der Waals surface area contributed by atoms with Gasteiger partial charge in [0.15, 0.2) is 17.8 Å². The van der Waals surface area contributed by atoms with Crippen molar-refractivity contribution in [3.05, 3.63) is 58.6 Å². The number of hydrogen-bond acceptors (Lipinski definition) is 9. The van der Waals surface area contributed by atoms with Crippen molar-refractivity contribution in [2.24, 2.45) is 0 Å². The predicted octanol–water partition coefficient (Wildman–Crippen LogP) is 0.752. The van der Waals surface area contributed by atoms with Crippen LogP contribution in [-0.4, -0.2) is 78.7 Å². The number of benzene rings is 2.